The molecule has 0 spiro atoms. The molecule has 0 fully saturated rings. The van der Waals surface area contributed by atoms with E-state index < -0.39 is 0 Å². The summed E-state index contributed by atoms with van der Waals surface area (Å²) in [7, 11) is 1.63. The summed E-state index contributed by atoms with van der Waals surface area (Å²) in [6.07, 6.45) is 1.29. The molecule has 0 amide bonds. The summed E-state index contributed by atoms with van der Waals surface area (Å²) < 4.78 is 11.2. The first-order chi connectivity index (χ1) is 6.77. The Bertz CT molecular complexity index is 315. The van der Waals surface area contributed by atoms with Crippen LogP contribution in [0.15, 0.2) is 22.7 Å². The van der Waals surface area contributed by atoms with Crippen molar-refractivity contribution in [2.75, 3.05) is 20.3 Å². The smallest absolute Gasteiger partial charge is 0.134 e. The fourth-order valence-corrected chi connectivity index (χ4v) is 1.32. The maximum atomic E-state index is 7.10. The van der Waals surface area contributed by atoms with E-state index in [0.717, 1.165) is 15.8 Å². The lowest BCUT2D eigenvalue weighted by Gasteiger charge is -2.07. The van der Waals surface area contributed by atoms with Gasteiger partial charge in [-0.2, -0.15) is 0 Å². The van der Waals surface area contributed by atoms with Gasteiger partial charge in [0.2, 0.25) is 0 Å². The maximum Gasteiger partial charge on any atom is 0.134 e. The van der Waals surface area contributed by atoms with Crippen molar-refractivity contribution in [3.8, 4) is 5.75 Å². The number of rotatable bonds is 5. The zero-order chi connectivity index (χ0) is 10.4. The number of methoxy groups -OCH3 is 1. The molecule has 0 aliphatic rings. The zero-order valence-corrected chi connectivity index (χ0v) is 9.50. The van der Waals surface area contributed by atoms with Gasteiger partial charge in [-0.3, -0.25) is 0 Å². The lowest BCUT2D eigenvalue weighted by atomic mass is 10.2. The summed E-state index contributed by atoms with van der Waals surface area (Å²) in [5.41, 5.74) is 0.820. The normalized spacial score (nSPS) is 9.86. The molecule has 0 radical (unpaired) electrons. The summed E-state index contributed by atoms with van der Waals surface area (Å²) in [6.45, 7) is 1.07. The summed E-state index contributed by atoms with van der Waals surface area (Å²) in [5.74, 6) is 0.739. The standard InChI is InChI=1S/C10H12BrNO2/c1-13-4-5-14-10-6-8(7-12)2-3-9(10)11/h2-3,6-7,12H,4-5H2,1H3. The van der Waals surface area contributed by atoms with Gasteiger partial charge < -0.3 is 14.9 Å². The Morgan fingerprint density at radius 3 is 2.86 bits per heavy atom. The van der Waals surface area contributed by atoms with Crippen LogP contribution in [0.2, 0.25) is 0 Å². The number of ether oxygens (including phenoxy) is 2. The summed E-state index contributed by atoms with van der Waals surface area (Å²) in [6, 6.07) is 5.52. The first-order valence-corrected chi connectivity index (χ1v) is 4.99. The molecule has 0 saturated carbocycles. The average Bonchev–Trinajstić information content (AvgIpc) is 2.21. The molecular formula is C10H12BrNO2. The van der Waals surface area contributed by atoms with Crippen LogP contribution >= 0.6 is 15.9 Å². The third-order valence-electron chi connectivity index (χ3n) is 1.67. The molecule has 76 valence electrons. The predicted octanol–water partition coefficient (Wildman–Crippen LogP) is 2.47. The minimum Gasteiger partial charge on any atom is -0.490 e. The third kappa shape index (κ3) is 3.12. The molecule has 1 aromatic carbocycles. The minimum absolute atomic E-state index is 0.510. The highest BCUT2D eigenvalue weighted by molar-refractivity contribution is 9.10. The molecule has 0 bridgehead atoms. The van der Waals surface area contributed by atoms with E-state index in [1.807, 2.05) is 18.2 Å². The van der Waals surface area contributed by atoms with Crippen LogP contribution in [0.5, 0.6) is 5.75 Å². The van der Waals surface area contributed by atoms with Gasteiger partial charge in [-0.25, -0.2) is 0 Å². The van der Waals surface area contributed by atoms with E-state index in [1.54, 1.807) is 7.11 Å². The highest BCUT2D eigenvalue weighted by atomic mass is 79.9. The Morgan fingerprint density at radius 1 is 1.43 bits per heavy atom. The minimum atomic E-state index is 0.510. The van der Waals surface area contributed by atoms with Crippen molar-refractivity contribution in [1.29, 1.82) is 5.41 Å². The van der Waals surface area contributed by atoms with Gasteiger partial charge in [-0.05, 0) is 33.6 Å². The molecule has 0 aliphatic carbocycles. The van der Waals surface area contributed by atoms with Crippen LogP contribution in [0.25, 0.3) is 0 Å². The first kappa shape index (κ1) is 11.2. The fraction of sp³-hybridized carbons (Fsp3) is 0.300. The van der Waals surface area contributed by atoms with Crippen molar-refractivity contribution in [3.05, 3.63) is 28.2 Å². The topological polar surface area (TPSA) is 42.3 Å². The van der Waals surface area contributed by atoms with Crippen molar-refractivity contribution < 1.29 is 9.47 Å². The Balaban J connectivity index is 2.68. The molecular weight excluding hydrogens is 246 g/mol. The number of hydrogen-bond donors (Lipinski definition) is 1. The number of halogens is 1. The second-order valence-electron chi connectivity index (χ2n) is 2.68. The molecule has 0 aliphatic heterocycles. The van der Waals surface area contributed by atoms with Gasteiger partial charge in [0.15, 0.2) is 0 Å². The number of benzene rings is 1. The van der Waals surface area contributed by atoms with E-state index in [-0.39, 0.29) is 0 Å². The van der Waals surface area contributed by atoms with Gasteiger partial charge in [0.25, 0.3) is 0 Å². The van der Waals surface area contributed by atoms with Crippen molar-refractivity contribution in [3.63, 3.8) is 0 Å². The van der Waals surface area contributed by atoms with Crippen LogP contribution in [0, 0.1) is 5.41 Å². The molecule has 4 heteroatoms. The van der Waals surface area contributed by atoms with Crippen molar-refractivity contribution in [2.45, 2.75) is 0 Å². The molecule has 14 heavy (non-hydrogen) atoms. The van der Waals surface area contributed by atoms with Crippen LogP contribution in [-0.4, -0.2) is 26.5 Å². The van der Waals surface area contributed by atoms with E-state index in [4.69, 9.17) is 14.9 Å². The van der Waals surface area contributed by atoms with Crippen molar-refractivity contribution in [1.82, 2.24) is 0 Å². The predicted molar refractivity (Wildman–Crippen MR) is 59.4 cm³/mol. The quantitative estimate of drug-likeness (QED) is 0.651. The Morgan fingerprint density at radius 2 is 2.21 bits per heavy atom. The van der Waals surface area contributed by atoms with Gasteiger partial charge in [0.1, 0.15) is 12.4 Å². The SMILES string of the molecule is COCCOc1cc(C=N)ccc1Br. The highest BCUT2D eigenvalue weighted by Crippen LogP contribution is 2.25. The van der Waals surface area contributed by atoms with E-state index >= 15 is 0 Å². The van der Waals surface area contributed by atoms with E-state index in [1.165, 1.54) is 6.21 Å². The summed E-state index contributed by atoms with van der Waals surface area (Å²) >= 11 is 3.37. The van der Waals surface area contributed by atoms with Crippen LogP contribution < -0.4 is 4.74 Å². The Hall–Kier alpha value is -0.870. The van der Waals surface area contributed by atoms with Gasteiger partial charge >= 0.3 is 0 Å². The maximum absolute atomic E-state index is 7.10. The van der Waals surface area contributed by atoms with E-state index in [9.17, 15) is 0 Å². The number of nitrogens with one attached hydrogen (secondary N) is 1. The van der Waals surface area contributed by atoms with Crippen LogP contribution in [0.3, 0.4) is 0 Å². The Labute approximate surface area is 91.7 Å². The monoisotopic (exact) mass is 257 g/mol. The second-order valence-corrected chi connectivity index (χ2v) is 3.53. The van der Waals surface area contributed by atoms with Gasteiger partial charge in [0.05, 0.1) is 11.1 Å². The first-order valence-electron chi connectivity index (χ1n) is 4.19. The van der Waals surface area contributed by atoms with Crippen LogP contribution in [0.1, 0.15) is 5.56 Å². The summed E-state index contributed by atoms with van der Waals surface area (Å²) in [5, 5.41) is 7.10. The van der Waals surface area contributed by atoms with E-state index in [0.29, 0.717) is 13.2 Å². The van der Waals surface area contributed by atoms with Crippen LogP contribution in [-0.2, 0) is 4.74 Å². The lowest BCUT2D eigenvalue weighted by Crippen LogP contribution is -2.04. The zero-order valence-electron chi connectivity index (χ0n) is 7.92. The Kier molecular flexibility index (Phi) is 4.62. The fourth-order valence-electron chi connectivity index (χ4n) is 0.955. The number of hydrogen-bond acceptors (Lipinski definition) is 3. The molecule has 1 N–H and O–H groups in total. The van der Waals surface area contributed by atoms with Gasteiger partial charge in [0, 0.05) is 13.3 Å². The molecule has 0 unspecified atom stereocenters. The average molecular weight is 258 g/mol. The lowest BCUT2D eigenvalue weighted by molar-refractivity contribution is 0.146. The molecule has 0 heterocycles. The van der Waals surface area contributed by atoms with Crippen molar-refractivity contribution >= 4 is 22.1 Å². The van der Waals surface area contributed by atoms with Gasteiger partial charge in [-0.1, -0.05) is 6.07 Å². The van der Waals surface area contributed by atoms with Gasteiger partial charge in [-0.15, -0.1) is 0 Å². The second kappa shape index (κ2) is 5.78. The van der Waals surface area contributed by atoms with E-state index in [2.05, 4.69) is 15.9 Å². The molecule has 0 aromatic heterocycles. The van der Waals surface area contributed by atoms with Crippen LogP contribution in [0.4, 0.5) is 0 Å². The third-order valence-corrected chi connectivity index (χ3v) is 2.32. The molecule has 1 aromatic rings. The summed E-state index contributed by atoms with van der Waals surface area (Å²) in [4.78, 5) is 0. The largest absolute Gasteiger partial charge is 0.490 e. The highest BCUT2D eigenvalue weighted by Gasteiger charge is 2.01. The van der Waals surface area contributed by atoms with Crippen molar-refractivity contribution in [2.24, 2.45) is 0 Å². The molecule has 0 saturated heterocycles. The molecule has 3 nitrogen and oxygen atoms in total. The molecule has 0 atom stereocenters. The molecule has 1 rings (SSSR count).